The van der Waals surface area contributed by atoms with Gasteiger partial charge in [-0.25, -0.2) is 8.42 Å². The zero-order chi connectivity index (χ0) is 25.5. The van der Waals surface area contributed by atoms with Gasteiger partial charge in [0, 0.05) is 17.1 Å². The predicted molar refractivity (Wildman–Crippen MR) is 137 cm³/mol. The molecule has 0 fully saturated rings. The van der Waals surface area contributed by atoms with Crippen LogP contribution in [0.1, 0.15) is 32.8 Å². The summed E-state index contributed by atoms with van der Waals surface area (Å²) >= 11 is 3.33. The van der Waals surface area contributed by atoms with Gasteiger partial charge in [-0.1, -0.05) is 35.0 Å². The number of benzene rings is 2. The van der Waals surface area contributed by atoms with Crippen molar-refractivity contribution in [2.45, 2.75) is 45.8 Å². The van der Waals surface area contributed by atoms with E-state index in [0.717, 1.165) is 20.6 Å². The molecule has 1 N–H and O–H groups in total. The molecule has 2 aromatic rings. The zero-order valence-electron chi connectivity index (χ0n) is 20.1. The number of ether oxygens (including phenoxy) is 1. The van der Waals surface area contributed by atoms with Gasteiger partial charge in [0.1, 0.15) is 18.3 Å². The molecule has 8 nitrogen and oxygen atoms in total. The van der Waals surface area contributed by atoms with E-state index in [-0.39, 0.29) is 18.5 Å². The highest BCUT2D eigenvalue weighted by Crippen LogP contribution is 2.22. The molecule has 0 aliphatic heterocycles. The fourth-order valence-electron chi connectivity index (χ4n) is 3.45. The third-order valence-corrected chi connectivity index (χ3v) is 6.79. The van der Waals surface area contributed by atoms with Crippen molar-refractivity contribution >= 4 is 43.5 Å². The van der Waals surface area contributed by atoms with Gasteiger partial charge < -0.3 is 15.0 Å². The molecule has 0 saturated carbocycles. The summed E-state index contributed by atoms with van der Waals surface area (Å²) in [5.41, 5.74) is 1.16. The van der Waals surface area contributed by atoms with Gasteiger partial charge in [-0.05, 0) is 62.2 Å². The van der Waals surface area contributed by atoms with Gasteiger partial charge >= 0.3 is 0 Å². The lowest BCUT2D eigenvalue weighted by Crippen LogP contribution is -2.53. The van der Waals surface area contributed by atoms with E-state index >= 15 is 0 Å². The van der Waals surface area contributed by atoms with E-state index in [1.807, 2.05) is 32.9 Å². The number of methoxy groups -OCH3 is 1. The Morgan fingerprint density at radius 1 is 1.06 bits per heavy atom. The minimum absolute atomic E-state index is 0.102. The molecule has 10 heteroatoms. The van der Waals surface area contributed by atoms with Crippen LogP contribution >= 0.6 is 15.9 Å². The fourth-order valence-corrected chi connectivity index (χ4v) is 4.56. The summed E-state index contributed by atoms with van der Waals surface area (Å²) in [5.74, 6) is -0.0893. The summed E-state index contributed by atoms with van der Waals surface area (Å²) in [6.07, 6.45) is 1.43. The van der Waals surface area contributed by atoms with Gasteiger partial charge in [-0.15, -0.1) is 0 Å². The van der Waals surface area contributed by atoms with E-state index in [1.54, 1.807) is 43.5 Å². The van der Waals surface area contributed by atoms with Crippen molar-refractivity contribution in [1.82, 2.24) is 10.2 Å². The number of carbonyl (C=O) groups is 2. The van der Waals surface area contributed by atoms with Crippen LogP contribution in [-0.4, -0.2) is 57.1 Å². The van der Waals surface area contributed by atoms with Crippen LogP contribution in [0.15, 0.2) is 53.0 Å². The van der Waals surface area contributed by atoms with Crippen LogP contribution in [0.3, 0.4) is 0 Å². The molecule has 1 atom stereocenters. The molecule has 0 spiro atoms. The van der Waals surface area contributed by atoms with Crippen molar-refractivity contribution in [1.29, 1.82) is 0 Å². The quantitative estimate of drug-likeness (QED) is 0.459. The van der Waals surface area contributed by atoms with Gasteiger partial charge in [-0.2, -0.15) is 0 Å². The Bertz CT molecular complexity index is 1070. The Morgan fingerprint density at radius 2 is 1.65 bits per heavy atom. The van der Waals surface area contributed by atoms with Crippen LogP contribution in [0.4, 0.5) is 5.69 Å². The summed E-state index contributed by atoms with van der Waals surface area (Å²) in [7, 11) is -2.19. The molecule has 2 amide bonds. The number of anilines is 1. The second-order valence-corrected chi connectivity index (χ2v) is 11.0. The van der Waals surface area contributed by atoms with Crippen LogP contribution in [0.25, 0.3) is 0 Å². The maximum absolute atomic E-state index is 13.6. The van der Waals surface area contributed by atoms with E-state index in [0.29, 0.717) is 17.9 Å². The second kappa shape index (κ2) is 12.2. The largest absolute Gasteiger partial charge is 0.497 e. The lowest BCUT2D eigenvalue weighted by molar-refractivity contribution is -0.140. The van der Waals surface area contributed by atoms with Crippen molar-refractivity contribution in [2.24, 2.45) is 0 Å². The average Bonchev–Trinajstić information content (AvgIpc) is 2.77. The first-order valence-corrected chi connectivity index (χ1v) is 13.6. The highest BCUT2D eigenvalue weighted by atomic mass is 79.9. The maximum Gasteiger partial charge on any atom is 0.244 e. The molecule has 0 heterocycles. The normalized spacial score (nSPS) is 12.2. The summed E-state index contributed by atoms with van der Waals surface area (Å²) in [6.45, 7) is 5.23. The maximum atomic E-state index is 13.6. The molecule has 186 valence electrons. The van der Waals surface area contributed by atoms with Gasteiger partial charge in [-0.3, -0.25) is 13.9 Å². The smallest absolute Gasteiger partial charge is 0.244 e. The van der Waals surface area contributed by atoms with E-state index in [9.17, 15) is 18.0 Å². The van der Waals surface area contributed by atoms with E-state index in [4.69, 9.17) is 4.74 Å². The van der Waals surface area contributed by atoms with Crippen molar-refractivity contribution in [3.63, 3.8) is 0 Å². The zero-order valence-corrected chi connectivity index (χ0v) is 22.5. The third-order valence-electron chi connectivity index (χ3n) is 5.12. The van der Waals surface area contributed by atoms with E-state index < -0.39 is 28.5 Å². The number of amides is 2. The Kier molecular flexibility index (Phi) is 9.93. The van der Waals surface area contributed by atoms with Crippen LogP contribution in [0, 0.1) is 0 Å². The molecule has 0 bridgehead atoms. The van der Waals surface area contributed by atoms with Crippen LogP contribution in [-0.2, 0) is 26.2 Å². The van der Waals surface area contributed by atoms with Crippen molar-refractivity contribution in [2.75, 3.05) is 24.2 Å². The monoisotopic (exact) mass is 553 g/mol. The topological polar surface area (TPSA) is 96.0 Å². The Labute approximate surface area is 210 Å². The minimum Gasteiger partial charge on any atom is -0.497 e. The standard InChI is InChI=1S/C24H32BrN3O5S/c1-6-22(24(30)26-17(2)3)27(15-18-7-13-21(33-4)14-8-18)23(29)16-28(34(5,31)32)20-11-9-19(25)10-12-20/h7-14,17,22H,6,15-16H2,1-5H3,(H,26,30). The molecule has 34 heavy (non-hydrogen) atoms. The highest BCUT2D eigenvalue weighted by molar-refractivity contribution is 9.10. The van der Waals surface area contributed by atoms with E-state index in [2.05, 4.69) is 21.2 Å². The summed E-state index contributed by atoms with van der Waals surface area (Å²) in [5, 5.41) is 2.86. The van der Waals surface area contributed by atoms with Crippen molar-refractivity contribution in [3.8, 4) is 5.75 Å². The second-order valence-electron chi connectivity index (χ2n) is 8.20. The summed E-state index contributed by atoms with van der Waals surface area (Å²) in [6, 6.07) is 13.0. The molecular formula is C24H32BrN3O5S. The molecule has 2 aromatic carbocycles. The highest BCUT2D eigenvalue weighted by Gasteiger charge is 2.31. The first-order chi connectivity index (χ1) is 16.0. The van der Waals surface area contributed by atoms with Gasteiger partial charge in [0.15, 0.2) is 0 Å². The Hall–Kier alpha value is -2.59. The predicted octanol–water partition coefficient (Wildman–Crippen LogP) is 3.56. The SMILES string of the molecule is CCC(C(=O)NC(C)C)N(Cc1ccc(OC)cc1)C(=O)CN(c1ccc(Br)cc1)S(C)(=O)=O. The third kappa shape index (κ3) is 7.73. The Morgan fingerprint density at radius 3 is 2.12 bits per heavy atom. The minimum atomic E-state index is -3.76. The molecule has 0 aliphatic carbocycles. The van der Waals surface area contributed by atoms with Gasteiger partial charge in [0.2, 0.25) is 21.8 Å². The van der Waals surface area contributed by atoms with Gasteiger partial charge in [0.05, 0.1) is 19.1 Å². The molecule has 0 aliphatic rings. The number of nitrogens with one attached hydrogen (secondary N) is 1. The van der Waals surface area contributed by atoms with Crippen LogP contribution < -0.4 is 14.4 Å². The summed E-state index contributed by atoms with van der Waals surface area (Å²) < 4.78 is 32.2. The molecule has 0 saturated heterocycles. The molecular weight excluding hydrogens is 522 g/mol. The Balaban J connectivity index is 2.42. The number of rotatable bonds is 11. The van der Waals surface area contributed by atoms with Crippen LogP contribution in [0.5, 0.6) is 5.75 Å². The molecule has 2 rings (SSSR count). The van der Waals surface area contributed by atoms with E-state index in [1.165, 1.54) is 4.90 Å². The fraction of sp³-hybridized carbons (Fsp3) is 0.417. The number of hydrogen-bond donors (Lipinski definition) is 1. The number of halogens is 1. The lowest BCUT2D eigenvalue weighted by Gasteiger charge is -2.33. The summed E-state index contributed by atoms with van der Waals surface area (Å²) in [4.78, 5) is 28.0. The lowest BCUT2D eigenvalue weighted by atomic mass is 10.1. The number of carbonyl (C=O) groups excluding carboxylic acids is 2. The molecule has 1 unspecified atom stereocenters. The number of sulfonamides is 1. The van der Waals surface area contributed by atoms with Crippen LogP contribution in [0.2, 0.25) is 0 Å². The number of hydrogen-bond acceptors (Lipinski definition) is 5. The molecule has 0 aromatic heterocycles. The van der Waals surface area contributed by atoms with Crippen molar-refractivity contribution < 1.29 is 22.7 Å². The molecule has 0 radical (unpaired) electrons. The first kappa shape index (κ1) is 27.7. The van der Waals surface area contributed by atoms with Crippen molar-refractivity contribution in [3.05, 3.63) is 58.6 Å². The van der Waals surface area contributed by atoms with Gasteiger partial charge in [0.25, 0.3) is 0 Å². The first-order valence-electron chi connectivity index (χ1n) is 10.9. The average molecular weight is 555 g/mol. The number of nitrogens with zero attached hydrogens (tertiary/aromatic N) is 2.